The molecule has 0 fully saturated rings. The van der Waals surface area contributed by atoms with Gasteiger partial charge in [-0.1, -0.05) is 31.5 Å². The number of hydrogen-bond acceptors (Lipinski definition) is 6. The van der Waals surface area contributed by atoms with Gasteiger partial charge >= 0.3 is 0 Å². The highest BCUT2D eigenvalue weighted by molar-refractivity contribution is 7.89. The maximum Gasteiger partial charge on any atom is 0.295 e. The Balaban J connectivity index is 1.88. The number of rotatable bonds is 9. The van der Waals surface area contributed by atoms with Crippen LogP contribution in [-0.2, 0) is 10.0 Å². The van der Waals surface area contributed by atoms with Crippen LogP contribution in [-0.4, -0.2) is 41.5 Å². The Labute approximate surface area is 199 Å². The summed E-state index contributed by atoms with van der Waals surface area (Å²) in [7, 11) is -3.81. The van der Waals surface area contributed by atoms with Gasteiger partial charge < -0.3 is 4.57 Å². The number of hydrazone groups is 1. The van der Waals surface area contributed by atoms with E-state index >= 15 is 0 Å². The summed E-state index contributed by atoms with van der Waals surface area (Å²) >= 11 is 0. The Kier molecular flexibility index (Phi) is 7.53. The third-order valence-corrected chi connectivity index (χ3v) is 7.71. The van der Waals surface area contributed by atoms with Gasteiger partial charge in [0.1, 0.15) is 5.69 Å². The molecule has 0 saturated carbocycles. The number of nitro benzene ring substituents is 1. The zero-order valence-corrected chi connectivity index (χ0v) is 20.8. The van der Waals surface area contributed by atoms with Gasteiger partial charge in [0.25, 0.3) is 5.69 Å². The van der Waals surface area contributed by atoms with Crippen LogP contribution in [0.15, 0.2) is 58.5 Å². The van der Waals surface area contributed by atoms with E-state index in [1.807, 2.05) is 51.1 Å². The lowest BCUT2D eigenvalue weighted by atomic mass is 10.2. The molecule has 0 atom stereocenters. The summed E-state index contributed by atoms with van der Waals surface area (Å²) in [6.45, 7) is 10.00. The first kappa shape index (κ1) is 25.1. The number of anilines is 1. The molecule has 1 aromatic heterocycles. The van der Waals surface area contributed by atoms with E-state index in [9.17, 15) is 18.5 Å². The molecule has 0 radical (unpaired) electrons. The van der Waals surface area contributed by atoms with Gasteiger partial charge in [0.2, 0.25) is 10.0 Å². The van der Waals surface area contributed by atoms with Gasteiger partial charge in [-0.2, -0.15) is 9.41 Å². The third kappa shape index (κ3) is 5.02. The van der Waals surface area contributed by atoms with E-state index in [4.69, 9.17) is 0 Å². The molecule has 1 N–H and O–H groups in total. The van der Waals surface area contributed by atoms with Crippen molar-refractivity contribution >= 4 is 27.6 Å². The number of aromatic nitrogens is 1. The molecule has 2 aromatic carbocycles. The van der Waals surface area contributed by atoms with E-state index in [2.05, 4.69) is 15.1 Å². The Bertz CT molecular complexity index is 1320. The molecule has 0 aliphatic heterocycles. The average Bonchev–Trinajstić information content (AvgIpc) is 3.08. The fourth-order valence-electron chi connectivity index (χ4n) is 3.81. The van der Waals surface area contributed by atoms with E-state index in [0.717, 1.165) is 28.7 Å². The number of hydrogen-bond donors (Lipinski definition) is 1. The molecule has 0 aliphatic rings. The zero-order valence-electron chi connectivity index (χ0n) is 19.9. The molecular formula is C24H29N5O4S. The van der Waals surface area contributed by atoms with Gasteiger partial charge in [-0.05, 0) is 51.1 Å². The van der Waals surface area contributed by atoms with Crippen molar-refractivity contribution in [1.29, 1.82) is 0 Å². The van der Waals surface area contributed by atoms with Crippen molar-refractivity contribution in [3.05, 3.63) is 81.2 Å². The highest BCUT2D eigenvalue weighted by Gasteiger charge is 2.25. The molecule has 9 nitrogen and oxygen atoms in total. The Morgan fingerprint density at radius 2 is 1.71 bits per heavy atom. The third-order valence-electron chi connectivity index (χ3n) is 5.66. The van der Waals surface area contributed by atoms with Crippen molar-refractivity contribution in [2.24, 2.45) is 5.10 Å². The van der Waals surface area contributed by atoms with E-state index in [1.54, 1.807) is 20.1 Å². The maximum absolute atomic E-state index is 12.7. The van der Waals surface area contributed by atoms with Crippen LogP contribution in [0.25, 0.3) is 5.69 Å². The minimum atomic E-state index is -3.81. The first-order chi connectivity index (χ1) is 16.1. The standard InChI is InChI=1S/C24H29N5O4S/c1-6-27(7-2)34(32,33)22-12-13-23(24(15-22)29(30)31)26-25-16-20-14-18(4)28(19(20)5)21-10-8-17(3)9-11-21/h8-16,26H,6-7H2,1-5H3. The quantitative estimate of drug-likeness (QED) is 0.267. The molecule has 10 heteroatoms. The van der Waals surface area contributed by atoms with E-state index < -0.39 is 14.9 Å². The monoisotopic (exact) mass is 483 g/mol. The van der Waals surface area contributed by atoms with Crippen molar-refractivity contribution in [2.75, 3.05) is 18.5 Å². The van der Waals surface area contributed by atoms with Crippen molar-refractivity contribution in [2.45, 2.75) is 39.5 Å². The molecule has 0 amide bonds. The molecular weight excluding hydrogens is 454 g/mol. The van der Waals surface area contributed by atoms with Crippen LogP contribution >= 0.6 is 0 Å². The van der Waals surface area contributed by atoms with Crippen molar-refractivity contribution < 1.29 is 13.3 Å². The van der Waals surface area contributed by atoms with Crippen LogP contribution in [0.5, 0.6) is 0 Å². The Hall–Kier alpha value is -3.50. The lowest BCUT2D eigenvalue weighted by molar-refractivity contribution is -0.384. The minimum Gasteiger partial charge on any atom is -0.318 e. The van der Waals surface area contributed by atoms with Gasteiger partial charge in [-0.3, -0.25) is 15.5 Å². The second-order valence-corrected chi connectivity index (χ2v) is 9.83. The van der Waals surface area contributed by atoms with Crippen molar-refractivity contribution in [3.63, 3.8) is 0 Å². The predicted octanol–water partition coefficient (Wildman–Crippen LogP) is 4.79. The average molecular weight is 484 g/mol. The summed E-state index contributed by atoms with van der Waals surface area (Å²) in [4.78, 5) is 10.9. The number of benzene rings is 2. The predicted molar refractivity (Wildman–Crippen MR) is 134 cm³/mol. The molecule has 0 unspecified atom stereocenters. The summed E-state index contributed by atoms with van der Waals surface area (Å²) in [5, 5.41) is 15.8. The maximum atomic E-state index is 12.7. The van der Waals surface area contributed by atoms with Crippen LogP contribution in [0, 0.1) is 30.9 Å². The molecule has 0 saturated heterocycles. The fraction of sp³-hybridized carbons (Fsp3) is 0.292. The summed E-state index contributed by atoms with van der Waals surface area (Å²) in [6.07, 6.45) is 1.59. The molecule has 180 valence electrons. The summed E-state index contributed by atoms with van der Waals surface area (Å²) in [5.74, 6) is 0. The van der Waals surface area contributed by atoms with Gasteiger partial charge in [0, 0.05) is 41.8 Å². The second-order valence-electron chi connectivity index (χ2n) is 7.89. The first-order valence-corrected chi connectivity index (χ1v) is 12.4. The van der Waals surface area contributed by atoms with Crippen molar-refractivity contribution in [3.8, 4) is 5.69 Å². The highest BCUT2D eigenvalue weighted by Crippen LogP contribution is 2.29. The topological polar surface area (TPSA) is 110 Å². The number of nitrogens with one attached hydrogen (secondary N) is 1. The van der Waals surface area contributed by atoms with E-state index in [1.165, 1.54) is 22.0 Å². The molecule has 3 aromatic rings. The summed E-state index contributed by atoms with van der Waals surface area (Å²) in [6, 6.07) is 13.9. The van der Waals surface area contributed by atoms with Crippen molar-refractivity contribution in [1.82, 2.24) is 8.87 Å². The Morgan fingerprint density at radius 3 is 2.29 bits per heavy atom. The number of nitro groups is 1. The smallest absolute Gasteiger partial charge is 0.295 e. The molecule has 0 bridgehead atoms. The van der Waals surface area contributed by atoms with Crippen LogP contribution in [0.4, 0.5) is 11.4 Å². The lowest BCUT2D eigenvalue weighted by Gasteiger charge is -2.18. The van der Waals surface area contributed by atoms with E-state index in [-0.39, 0.29) is 29.4 Å². The van der Waals surface area contributed by atoms with Gasteiger partial charge in [0.15, 0.2) is 0 Å². The first-order valence-electron chi connectivity index (χ1n) is 10.9. The molecule has 0 spiro atoms. The van der Waals surface area contributed by atoms with Gasteiger partial charge in [0.05, 0.1) is 16.0 Å². The second kappa shape index (κ2) is 10.2. The van der Waals surface area contributed by atoms with Gasteiger partial charge in [-0.25, -0.2) is 8.42 Å². The normalized spacial score (nSPS) is 11.9. The SMILES string of the molecule is CCN(CC)S(=O)(=O)c1ccc(NN=Cc2cc(C)n(-c3ccc(C)cc3)c2C)c([N+](=O)[O-])c1. The molecule has 0 aliphatic carbocycles. The molecule has 1 heterocycles. The number of aryl methyl sites for hydroxylation is 2. The molecule has 34 heavy (non-hydrogen) atoms. The largest absolute Gasteiger partial charge is 0.318 e. The number of sulfonamides is 1. The lowest BCUT2D eigenvalue weighted by Crippen LogP contribution is -2.30. The summed E-state index contributed by atoms with van der Waals surface area (Å²) < 4.78 is 28.8. The van der Waals surface area contributed by atoms with E-state index in [0.29, 0.717) is 0 Å². The molecule has 3 rings (SSSR count). The minimum absolute atomic E-state index is 0.104. The van der Waals surface area contributed by atoms with Gasteiger partial charge in [-0.15, -0.1) is 0 Å². The Morgan fingerprint density at radius 1 is 1.06 bits per heavy atom. The van der Waals surface area contributed by atoms with Crippen LogP contribution < -0.4 is 5.43 Å². The van der Waals surface area contributed by atoms with Crippen LogP contribution in [0.1, 0.15) is 36.4 Å². The van der Waals surface area contributed by atoms with Crippen LogP contribution in [0.3, 0.4) is 0 Å². The zero-order chi connectivity index (χ0) is 25.0. The highest BCUT2D eigenvalue weighted by atomic mass is 32.2. The van der Waals surface area contributed by atoms with Crippen LogP contribution in [0.2, 0.25) is 0 Å². The fourth-order valence-corrected chi connectivity index (χ4v) is 5.29. The summed E-state index contributed by atoms with van der Waals surface area (Å²) in [5.41, 5.74) is 7.50. The number of nitrogens with zero attached hydrogens (tertiary/aromatic N) is 4.